The molecule has 0 radical (unpaired) electrons. The molecule has 1 saturated heterocycles. The maximum absolute atomic E-state index is 12.2. The molecule has 0 N–H and O–H groups in total. The highest BCUT2D eigenvalue weighted by atomic mass is 16.2. The van der Waals surface area contributed by atoms with Crippen molar-refractivity contribution < 1.29 is 4.79 Å². The summed E-state index contributed by atoms with van der Waals surface area (Å²) in [6.45, 7) is 1.26. The maximum Gasteiger partial charge on any atom is 0.272 e. The van der Waals surface area contributed by atoms with Gasteiger partial charge in [-0.15, -0.1) is 5.10 Å². The zero-order valence-corrected chi connectivity index (χ0v) is 12.4. The standard InChI is InChI=1S/C17H15N5O/c23-17(15-8-4-5-9-18-15)21-10-14(11-21)22-12-16(19-20-22)13-6-2-1-3-7-13/h1-9,12,14H,10-11H2. The van der Waals surface area contributed by atoms with Gasteiger partial charge >= 0.3 is 0 Å². The molecule has 0 unspecified atom stereocenters. The van der Waals surface area contributed by atoms with Crippen molar-refractivity contribution in [1.82, 2.24) is 24.9 Å². The van der Waals surface area contributed by atoms with Crippen LogP contribution in [0.25, 0.3) is 11.3 Å². The van der Waals surface area contributed by atoms with Crippen molar-refractivity contribution in [2.24, 2.45) is 0 Å². The number of nitrogens with zero attached hydrogens (tertiary/aromatic N) is 5. The Hall–Kier alpha value is -3.02. The minimum atomic E-state index is -0.0368. The van der Waals surface area contributed by atoms with Crippen molar-refractivity contribution in [3.05, 3.63) is 66.6 Å². The van der Waals surface area contributed by atoms with E-state index in [-0.39, 0.29) is 11.9 Å². The lowest BCUT2D eigenvalue weighted by molar-refractivity contribution is 0.0492. The first-order valence-electron chi connectivity index (χ1n) is 7.49. The Bertz CT molecular complexity index is 809. The number of likely N-dealkylation sites (tertiary alicyclic amines) is 1. The molecule has 1 aliphatic rings. The van der Waals surface area contributed by atoms with Crippen molar-refractivity contribution >= 4 is 5.91 Å². The lowest BCUT2D eigenvalue weighted by Crippen LogP contribution is -2.51. The number of hydrogen-bond acceptors (Lipinski definition) is 4. The molecule has 23 heavy (non-hydrogen) atoms. The highest BCUT2D eigenvalue weighted by Crippen LogP contribution is 2.24. The second kappa shape index (κ2) is 5.64. The predicted octanol–water partition coefficient (Wildman–Crippen LogP) is 2.04. The molecule has 1 aliphatic heterocycles. The molecule has 3 heterocycles. The average molecular weight is 305 g/mol. The van der Waals surface area contributed by atoms with E-state index in [0.717, 1.165) is 11.3 Å². The van der Waals surface area contributed by atoms with Gasteiger partial charge in [-0.05, 0) is 12.1 Å². The van der Waals surface area contributed by atoms with Gasteiger partial charge in [0.15, 0.2) is 0 Å². The van der Waals surface area contributed by atoms with Gasteiger partial charge in [0, 0.05) is 24.8 Å². The number of carbonyl (C=O) groups is 1. The topological polar surface area (TPSA) is 63.9 Å². The number of carbonyl (C=O) groups excluding carboxylic acids is 1. The fourth-order valence-corrected chi connectivity index (χ4v) is 2.64. The fraction of sp³-hybridized carbons (Fsp3) is 0.176. The summed E-state index contributed by atoms with van der Waals surface area (Å²) in [5.41, 5.74) is 2.37. The summed E-state index contributed by atoms with van der Waals surface area (Å²) in [7, 11) is 0. The first-order valence-corrected chi connectivity index (χ1v) is 7.49. The Kier molecular flexibility index (Phi) is 3.34. The molecule has 1 fully saturated rings. The van der Waals surface area contributed by atoms with Gasteiger partial charge in [0.1, 0.15) is 11.4 Å². The van der Waals surface area contributed by atoms with Crippen molar-refractivity contribution in [3.8, 4) is 11.3 Å². The lowest BCUT2D eigenvalue weighted by Gasteiger charge is -2.38. The Morgan fingerprint density at radius 3 is 2.57 bits per heavy atom. The normalized spacial score (nSPS) is 14.5. The summed E-state index contributed by atoms with van der Waals surface area (Å²) in [5.74, 6) is -0.0368. The molecule has 0 saturated carbocycles. The SMILES string of the molecule is O=C(c1ccccn1)N1CC(n2cc(-c3ccccc3)nn2)C1. The van der Waals surface area contributed by atoms with Crippen LogP contribution in [0.5, 0.6) is 0 Å². The summed E-state index contributed by atoms with van der Waals surface area (Å²) in [4.78, 5) is 18.1. The molecule has 2 aromatic heterocycles. The van der Waals surface area contributed by atoms with Gasteiger partial charge in [-0.3, -0.25) is 9.78 Å². The van der Waals surface area contributed by atoms with Gasteiger partial charge < -0.3 is 4.90 Å². The number of aromatic nitrogens is 4. The molecule has 0 atom stereocenters. The fourth-order valence-electron chi connectivity index (χ4n) is 2.64. The van der Waals surface area contributed by atoms with Crippen LogP contribution in [-0.2, 0) is 0 Å². The first kappa shape index (κ1) is 13.6. The Morgan fingerprint density at radius 2 is 1.83 bits per heavy atom. The van der Waals surface area contributed by atoms with Crippen LogP contribution in [0.3, 0.4) is 0 Å². The molecule has 1 aromatic carbocycles. The quantitative estimate of drug-likeness (QED) is 0.743. The van der Waals surface area contributed by atoms with E-state index < -0.39 is 0 Å². The second-order valence-electron chi connectivity index (χ2n) is 5.53. The van der Waals surface area contributed by atoms with E-state index in [1.165, 1.54) is 0 Å². The minimum absolute atomic E-state index is 0.0368. The van der Waals surface area contributed by atoms with Gasteiger partial charge in [-0.2, -0.15) is 0 Å². The van der Waals surface area contributed by atoms with Gasteiger partial charge in [0.2, 0.25) is 0 Å². The Labute approximate surface area is 133 Å². The number of hydrogen-bond donors (Lipinski definition) is 0. The van der Waals surface area contributed by atoms with Crippen molar-refractivity contribution in [2.45, 2.75) is 6.04 Å². The minimum Gasteiger partial charge on any atom is -0.333 e. The van der Waals surface area contributed by atoms with Crippen LogP contribution in [0.1, 0.15) is 16.5 Å². The van der Waals surface area contributed by atoms with Crippen LogP contribution in [0.15, 0.2) is 60.9 Å². The Morgan fingerprint density at radius 1 is 1.04 bits per heavy atom. The molecule has 3 aromatic rings. The third-order valence-corrected chi connectivity index (χ3v) is 3.99. The summed E-state index contributed by atoms with van der Waals surface area (Å²) in [6, 6.07) is 15.5. The first-order chi connectivity index (χ1) is 11.3. The van der Waals surface area contributed by atoms with E-state index in [9.17, 15) is 4.79 Å². The van der Waals surface area contributed by atoms with Crippen molar-refractivity contribution in [1.29, 1.82) is 0 Å². The van der Waals surface area contributed by atoms with Crippen molar-refractivity contribution in [2.75, 3.05) is 13.1 Å². The zero-order chi connectivity index (χ0) is 15.6. The molecule has 0 aliphatic carbocycles. The van der Waals surface area contributed by atoms with Crippen LogP contribution in [-0.4, -0.2) is 43.9 Å². The van der Waals surface area contributed by atoms with E-state index >= 15 is 0 Å². The lowest BCUT2D eigenvalue weighted by atomic mass is 10.1. The van der Waals surface area contributed by atoms with E-state index in [2.05, 4.69) is 15.3 Å². The molecular weight excluding hydrogens is 290 g/mol. The number of amides is 1. The highest BCUT2D eigenvalue weighted by molar-refractivity contribution is 5.92. The van der Waals surface area contributed by atoms with Gasteiger partial charge in [0.05, 0.1) is 12.2 Å². The summed E-state index contributed by atoms with van der Waals surface area (Å²) >= 11 is 0. The van der Waals surface area contributed by atoms with E-state index in [4.69, 9.17) is 0 Å². The predicted molar refractivity (Wildman–Crippen MR) is 84.6 cm³/mol. The molecule has 0 spiro atoms. The van der Waals surface area contributed by atoms with Gasteiger partial charge in [0.25, 0.3) is 5.91 Å². The van der Waals surface area contributed by atoms with Crippen LogP contribution in [0.2, 0.25) is 0 Å². The summed E-state index contributed by atoms with van der Waals surface area (Å²) < 4.78 is 1.84. The summed E-state index contributed by atoms with van der Waals surface area (Å²) in [6.07, 6.45) is 3.57. The zero-order valence-electron chi connectivity index (χ0n) is 12.4. The van der Waals surface area contributed by atoms with Crippen LogP contribution in [0.4, 0.5) is 0 Å². The van der Waals surface area contributed by atoms with Crippen LogP contribution >= 0.6 is 0 Å². The second-order valence-corrected chi connectivity index (χ2v) is 5.53. The van der Waals surface area contributed by atoms with E-state index in [1.807, 2.05) is 47.3 Å². The average Bonchev–Trinajstić information content (AvgIpc) is 3.05. The molecule has 0 bridgehead atoms. The van der Waals surface area contributed by atoms with Crippen LogP contribution < -0.4 is 0 Å². The third-order valence-electron chi connectivity index (χ3n) is 3.99. The smallest absolute Gasteiger partial charge is 0.272 e. The van der Waals surface area contributed by atoms with Crippen LogP contribution in [0, 0.1) is 0 Å². The molecule has 114 valence electrons. The highest BCUT2D eigenvalue weighted by Gasteiger charge is 2.33. The monoisotopic (exact) mass is 305 g/mol. The molecule has 6 heteroatoms. The third kappa shape index (κ3) is 2.59. The van der Waals surface area contributed by atoms with Gasteiger partial charge in [-0.1, -0.05) is 41.6 Å². The number of benzene rings is 1. The van der Waals surface area contributed by atoms with E-state index in [0.29, 0.717) is 18.8 Å². The Balaban J connectivity index is 1.43. The maximum atomic E-state index is 12.2. The van der Waals surface area contributed by atoms with Crippen molar-refractivity contribution in [3.63, 3.8) is 0 Å². The van der Waals surface area contributed by atoms with E-state index in [1.54, 1.807) is 23.2 Å². The number of rotatable bonds is 3. The molecule has 1 amide bonds. The summed E-state index contributed by atoms with van der Waals surface area (Å²) in [5, 5.41) is 8.41. The largest absolute Gasteiger partial charge is 0.333 e. The molecule has 6 nitrogen and oxygen atoms in total. The number of pyridine rings is 1. The molecular formula is C17H15N5O. The molecule has 4 rings (SSSR count). The van der Waals surface area contributed by atoms with Gasteiger partial charge in [-0.25, -0.2) is 4.68 Å².